The van der Waals surface area contributed by atoms with Crippen molar-refractivity contribution in [3.05, 3.63) is 47.9 Å². The SMILES string of the molecule is C=C(C)/C(=C\C=C(C)C)C/C(=N\C(=C)N1CCOC[C@@H]1C)N1CCCC[C@@H]1C. The molecule has 0 aromatic carbocycles. The van der Waals surface area contributed by atoms with E-state index in [2.05, 4.69) is 69.7 Å². The van der Waals surface area contributed by atoms with Gasteiger partial charge in [0.15, 0.2) is 0 Å². The molecule has 2 aliphatic heterocycles. The first-order valence-electron chi connectivity index (χ1n) is 10.7. The highest BCUT2D eigenvalue weighted by molar-refractivity contribution is 5.86. The first-order chi connectivity index (χ1) is 13.3. The molecule has 156 valence electrons. The Morgan fingerprint density at radius 3 is 2.39 bits per heavy atom. The minimum atomic E-state index is 0.312. The molecular formula is C24H39N3O. The first-order valence-corrected chi connectivity index (χ1v) is 10.7. The highest BCUT2D eigenvalue weighted by Crippen LogP contribution is 2.24. The fourth-order valence-electron chi connectivity index (χ4n) is 3.80. The largest absolute Gasteiger partial charge is 0.377 e. The van der Waals surface area contributed by atoms with E-state index >= 15 is 0 Å². The van der Waals surface area contributed by atoms with Gasteiger partial charge in [0.05, 0.1) is 19.3 Å². The van der Waals surface area contributed by atoms with E-state index in [4.69, 9.17) is 9.73 Å². The predicted octanol–water partition coefficient (Wildman–Crippen LogP) is 5.31. The van der Waals surface area contributed by atoms with Gasteiger partial charge in [0.2, 0.25) is 0 Å². The van der Waals surface area contributed by atoms with Crippen molar-refractivity contribution >= 4 is 5.84 Å². The van der Waals surface area contributed by atoms with E-state index in [1.54, 1.807) is 0 Å². The number of amidine groups is 1. The molecule has 2 atom stereocenters. The van der Waals surface area contributed by atoms with Crippen molar-refractivity contribution in [2.75, 3.05) is 26.3 Å². The Kier molecular flexibility index (Phi) is 8.56. The quantitative estimate of drug-likeness (QED) is 0.352. The van der Waals surface area contributed by atoms with Gasteiger partial charge in [-0.25, -0.2) is 4.99 Å². The Morgan fingerprint density at radius 2 is 1.79 bits per heavy atom. The zero-order valence-electron chi connectivity index (χ0n) is 18.6. The predicted molar refractivity (Wildman–Crippen MR) is 121 cm³/mol. The molecule has 0 saturated carbocycles. The highest BCUT2D eigenvalue weighted by Gasteiger charge is 2.25. The maximum Gasteiger partial charge on any atom is 0.123 e. The number of piperidine rings is 1. The molecule has 0 aromatic rings. The molecule has 0 radical (unpaired) electrons. The minimum absolute atomic E-state index is 0.312. The molecule has 0 bridgehead atoms. The van der Waals surface area contributed by atoms with Gasteiger partial charge in [0, 0.05) is 25.6 Å². The molecule has 2 heterocycles. The second kappa shape index (κ2) is 10.7. The van der Waals surface area contributed by atoms with Gasteiger partial charge in [0.25, 0.3) is 0 Å². The van der Waals surface area contributed by atoms with Crippen LogP contribution in [0.5, 0.6) is 0 Å². The number of hydrogen-bond acceptors (Lipinski definition) is 3. The van der Waals surface area contributed by atoms with Gasteiger partial charge in [-0.15, -0.1) is 0 Å². The average molecular weight is 386 g/mol. The fraction of sp³-hybridized carbons (Fsp3) is 0.625. The van der Waals surface area contributed by atoms with Gasteiger partial charge in [-0.1, -0.05) is 36.5 Å². The molecular weight excluding hydrogens is 346 g/mol. The van der Waals surface area contributed by atoms with Crippen LogP contribution in [0.15, 0.2) is 52.8 Å². The third kappa shape index (κ3) is 6.37. The van der Waals surface area contributed by atoms with E-state index in [0.717, 1.165) is 50.0 Å². The van der Waals surface area contributed by atoms with Gasteiger partial charge in [0.1, 0.15) is 11.7 Å². The summed E-state index contributed by atoms with van der Waals surface area (Å²) in [6.07, 6.45) is 8.90. The summed E-state index contributed by atoms with van der Waals surface area (Å²) in [6.45, 7) is 22.7. The van der Waals surface area contributed by atoms with Crippen LogP contribution >= 0.6 is 0 Å². The van der Waals surface area contributed by atoms with Crippen LogP contribution < -0.4 is 0 Å². The molecule has 4 nitrogen and oxygen atoms in total. The molecule has 0 aliphatic carbocycles. The normalized spacial score (nSPS) is 24.2. The smallest absolute Gasteiger partial charge is 0.123 e. The zero-order valence-corrected chi connectivity index (χ0v) is 18.6. The Balaban J connectivity index is 2.32. The van der Waals surface area contributed by atoms with E-state index in [9.17, 15) is 0 Å². The minimum Gasteiger partial charge on any atom is -0.377 e. The Bertz CT molecular complexity index is 655. The van der Waals surface area contributed by atoms with Crippen molar-refractivity contribution in [3.63, 3.8) is 0 Å². The van der Waals surface area contributed by atoms with Crippen LogP contribution in [0.2, 0.25) is 0 Å². The van der Waals surface area contributed by atoms with Gasteiger partial charge in [-0.2, -0.15) is 0 Å². The van der Waals surface area contributed by atoms with Crippen molar-refractivity contribution in [3.8, 4) is 0 Å². The number of ether oxygens (including phenoxy) is 1. The molecule has 2 fully saturated rings. The van der Waals surface area contributed by atoms with Crippen LogP contribution in [0.1, 0.15) is 60.3 Å². The lowest BCUT2D eigenvalue weighted by atomic mass is 9.99. The van der Waals surface area contributed by atoms with E-state index in [0.29, 0.717) is 12.1 Å². The lowest BCUT2D eigenvalue weighted by Crippen LogP contribution is -2.44. The molecule has 2 aliphatic rings. The second-order valence-electron chi connectivity index (χ2n) is 8.49. The summed E-state index contributed by atoms with van der Waals surface area (Å²) in [5.41, 5.74) is 3.62. The van der Waals surface area contributed by atoms with E-state index in [1.807, 2.05) is 0 Å². The Hall–Kier alpha value is -1.81. The summed E-state index contributed by atoms with van der Waals surface area (Å²) in [5, 5.41) is 0. The lowest BCUT2D eigenvalue weighted by molar-refractivity contribution is 0.0165. The monoisotopic (exact) mass is 385 g/mol. The second-order valence-corrected chi connectivity index (χ2v) is 8.49. The van der Waals surface area contributed by atoms with Crippen LogP contribution in [0.4, 0.5) is 0 Å². The van der Waals surface area contributed by atoms with Crippen molar-refractivity contribution in [2.24, 2.45) is 4.99 Å². The molecule has 2 rings (SSSR count). The number of hydrogen-bond donors (Lipinski definition) is 0. The van der Waals surface area contributed by atoms with Crippen LogP contribution in [0, 0.1) is 0 Å². The molecule has 0 N–H and O–H groups in total. The molecule has 0 amide bonds. The van der Waals surface area contributed by atoms with Crippen LogP contribution in [-0.4, -0.2) is 54.0 Å². The topological polar surface area (TPSA) is 28.1 Å². The summed E-state index contributed by atoms with van der Waals surface area (Å²) in [7, 11) is 0. The molecule has 4 heteroatoms. The van der Waals surface area contributed by atoms with Crippen molar-refractivity contribution in [1.82, 2.24) is 9.80 Å². The third-order valence-electron chi connectivity index (χ3n) is 5.61. The van der Waals surface area contributed by atoms with Gasteiger partial charge in [-0.3, -0.25) is 0 Å². The van der Waals surface area contributed by atoms with Crippen LogP contribution in [0.3, 0.4) is 0 Å². The Morgan fingerprint density at radius 1 is 1.04 bits per heavy atom. The maximum absolute atomic E-state index is 5.58. The highest BCUT2D eigenvalue weighted by atomic mass is 16.5. The van der Waals surface area contributed by atoms with E-state index in [-0.39, 0.29) is 0 Å². The summed E-state index contributed by atoms with van der Waals surface area (Å²) in [5.74, 6) is 1.97. The molecule has 2 saturated heterocycles. The van der Waals surface area contributed by atoms with Crippen molar-refractivity contribution < 1.29 is 4.74 Å². The van der Waals surface area contributed by atoms with Crippen molar-refractivity contribution in [2.45, 2.75) is 72.4 Å². The van der Waals surface area contributed by atoms with E-state index in [1.165, 1.54) is 30.4 Å². The number of morpholine rings is 1. The maximum atomic E-state index is 5.58. The Labute approximate surface area is 172 Å². The zero-order chi connectivity index (χ0) is 20.7. The van der Waals surface area contributed by atoms with Crippen molar-refractivity contribution in [1.29, 1.82) is 0 Å². The number of nitrogens with zero attached hydrogens (tertiary/aromatic N) is 3. The number of allylic oxidation sites excluding steroid dienone is 4. The summed E-state index contributed by atoms with van der Waals surface area (Å²) < 4.78 is 5.58. The van der Waals surface area contributed by atoms with Crippen LogP contribution in [-0.2, 0) is 4.74 Å². The third-order valence-corrected chi connectivity index (χ3v) is 5.61. The lowest BCUT2D eigenvalue weighted by Gasteiger charge is -2.38. The van der Waals surface area contributed by atoms with Gasteiger partial charge in [-0.05, 0) is 59.5 Å². The summed E-state index contributed by atoms with van der Waals surface area (Å²) >= 11 is 0. The number of aliphatic imine (C=N–C) groups is 1. The molecule has 0 aromatic heterocycles. The standard InChI is InChI=1S/C24H39N3O/c1-18(2)11-12-23(19(3)4)16-24(27-13-9-8-10-20(27)5)25-22(7)26-14-15-28-17-21(26)6/h11-12,20-21H,3,7-10,13-17H2,1-2,4-6H3/b23-12-,25-24+/t20-,21-/m0/s1. The molecule has 28 heavy (non-hydrogen) atoms. The average Bonchev–Trinajstić information content (AvgIpc) is 2.64. The number of rotatable bonds is 6. The van der Waals surface area contributed by atoms with Crippen LogP contribution in [0.25, 0.3) is 0 Å². The first kappa shape index (κ1) is 22.5. The molecule has 0 spiro atoms. The van der Waals surface area contributed by atoms with E-state index < -0.39 is 0 Å². The molecule has 0 unspecified atom stereocenters. The van der Waals surface area contributed by atoms with Gasteiger partial charge >= 0.3 is 0 Å². The summed E-state index contributed by atoms with van der Waals surface area (Å²) in [4.78, 5) is 9.85. The summed E-state index contributed by atoms with van der Waals surface area (Å²) in [6, 6.07) is 0.823. The van der Waals surface area contributed by atoms with Gasteiger partial charge < -0.3 is 14.5 Å². The number of likely N-dealkylation sites (tertiary alicyclic amines) is 1. The fourth-order valence-corrected chi connectivity index (χ4v) is 3.80.